The van der Waals surface area contributed by atoms with Crippen molar-refractivity contribution in [1.29, 1.82) is 0 Å². The van der Waals surface area contributed by atoms with Crippen LogP contribution in [0, 0.1) is 13.8 Å². The highest BCUT2D eigenvalue weighted by Gasteiger charge is 2.40. The molecule has 0 unspecified atom stereocenters. The van der Waals surface area contributed by atoms with Crippen LogP contribution in [0.2, 0.25) is 0 Å². The van der Waals surface area contributed by atoms with Gasteiger partial charge >= 0.3 is 0 Å². The molecule has 0 N–H and O–H groups in total. The summed E-state index contributed by atoms with van der Waals surface area (Å²) in [5.74, 6) is 0.102. The van der Waals surface area contributed by atoms with Crippen LogP contribution < -0.4 is 21.3 Å². The van der Waals surface area contributed by atoms with Gasteiger partial charge in [-0.1, -0.05) is 151 Å². The van der Waals surface area contributed by atoms with Gasteiger partial charge in [-0.05, 0) is 46.4 Å². The molecule has 6 rings (SSSR count). The maximum absolute atomic E-state index is 4.93. The van der Waals surface area contributed by atoms with Gasteiger partial charge in [0.25, 0.3) is 0 Å². The minimum absolute atomic E-state index is 0.102. The molecule has 0 saturated carbocycles. The van der Waals surface area contributed by atoms with E-state index >= 15 is 0 Å². The van der Waals surface area contributed by atoms with E-state index in [1.54, 1.807) is 0 Å². The molecule has 0 aliphatic carbocycles. The van der Waals surface area contributed by atoms with Crippen molar-refractivity contribution in [2.45, 2.75) is 25.8 Å². The van der Waals surface area contributed by atoms with Crippen LogP contribution in [-0.2, 0) is 6.17 Å². The Morgan fingerprint density at radius 3 is 1.51 bits per heavy atom. The molecule has 1 aromatic heterocycles. The molecule has 1 radical (unpaired) electrons. The first-order valence-corrected chi connectivity index (χ1v) is 16.5. The molecule has 0 bridgehead atoms. The summed E-state index contributed by atoms with van der Waals surface area (Å²) in [6, 6.07) is 51.1. The quantitative estimate of drug-likeness (QED) is 0.178. The molecule has 0 atom stereocenters. The third kappa shape index (κ3) is 5.61. The van der Waals surface area contributed by atoms with E-state index in [0.717, 1.165) is 11.9 Å². The van der Waals surface area contributed by atoms with Crippen molar-refractivity contribution in [2.24, 2.45) is 0 Å². The van der Waals surface area contributed by atoms with E-state index in [9.17, 15) is 0 Å². The second-order valence-corrected chi connectivity index (χ2v) is 14.7. The molecule has 6 aromatic rings. The average Bonchev–Trinajstić information content (AvgIpc) is 3.47. The van der Waals surface area contributed by atoms with E-state index < -0.39 is 8.07 Å². The number of hydrogen-bond donors (Lipinski definition) is 0. The minimum Gasteiger partial charge on any atom is -0.345 e. The van der Waals surface area contributed by atoms with E-state index in [4.69, 9.17) is 4.98 Å². The van der Waals surface area contributed by atoms with Crippen molar-refractivity contribution in [2.75, 3.05) is 0 Å². The topological polar surface area (TPSA) is 17.8 Å². The van der Waals surface area contributed by atoms with E-state index in [-0.39, 0.29) is 5.82 Å². The van der Waals surface area contributed by atoms with Crippen molar-refractivity contribution >= 4 is 36.6 Å². The first-order valence-electron chi connectivity index (χ1n) is 14.3. The molecular formula is C37H34BN2Si. The Hall–Kier alpha value is -4.41. The second kappa shape index (κ2) is 12.0. The van der Waals surface area contributed by atoms with Crippen LogP contribution in [0.1, 0.15) is 28.1 Å². The Morgan fingerprint density at radius 2 is 1.02 bits per heavy atom. The summed E-state index contributed by atoms with van der Waals surface area (Å²) in [6.45, 7) is 4.33. The van der Waals surface area contributed by atoms with Crippen molar-refractivity contribution < 1.29 is 0 Å². The summed E-state index contributed by atoms with van der Waals surface area (Å²) in [4.78, 5) is 4.93. The maximum atomic E-state index is 4.93. The summed E-state index contributed by atoms with van der Waals surface area (Å²) in [6.07, 6.45) is 4.96. The maximum Gasteiger partial charge on any atom is 0.215 e. The summed E-state index contributed by atoms with van der Waals surface area (Å²) in [7, 11) is -0.180. The highest BCUT2D eigenvalue weighted by Crippen LogP contribution is 2.23. The van der Waals surface area contributed by atoms with Crippen LogP contribution in [0.15, 0.2) is 152 Å². The van der Waals surface area contributed by atoms with Gasteiger partial charge in [0.15, 0.2) is 8.07 Å². The van der Waals surface area contributed by atoms with Gasteiger partial charge in [0.1, 0.15) is 0 Å². The van der Waals surface area contributed by atoms with Crippen LogP contribution in [0.4, 0.5) is 0 Å². The number of nitrogens with zero attached hydrogens (tertiary/aromatic N) is 2. The van der Waals surface area contributed by atoms with Gasteiger partial charge in [0, 0.05) is 18.6 Å². The Labute approximate surface area is 245 Å². The van der Waals surface area contributed by atoms with Crippen molar-refractivity contribution in [3.8, 4) is 0 Å². The first-order chi connectivity index (χ1) is 20.1. The monoisotopic (exact) mass is 545 g/mol. The fourth-order valence-electron chi connectivity index (χ4n) is 5.90. The Balaban J connectivity index is 1.49. The third-order valence-corrected chi connectivity index (χ3v) is 12.9. The average molecular weight is 546 g/mol. The smallest absolute Gasteiger partial charge is 0.215 e. The highest BCUT2D eigenvalue weighted by molar-refractivity contribution is 7.10. The molecule has 0 amide bonds. The number of hydrogen-bond acceptors (Lipinski definition) is 1. The predicted molar refractivity (Wildman–Crippen MR) is 176 cm³/mol. The molecule has 0 spiro atoms. The zero-order valence-electron chi connectivity index (χ0n) is 23.7. The Morgan fingerprint density at radius 1 is 0.585 bits per heavy atom. The number of rotatable bonds is 9. The van der Waals surface area contributed by atoms with Crippen LogP contribution in [0.25, 0.3) is 0 Å². The molecule has 0 aliphatic rings. The van der Waals surface area contributed by atoms with E-state index in [1.807, 2.05) is 6.20 Å². The number of aryl methyl sites for hydroxylation is 2. The largest absolute Gasteiger partial charge is 0.345 e. The minimum atomic E-state index is -2.51. The highest BCUT2D eigenvalue weighted by atomic mass is 28.3. The molecular weight excluding hydrogens is 511 g/mol. The summed E-state index contributed by atoms with van der Waals surface area (Å²) >= 11 is 0. The molecule has 5 aromatic carbocycles. The van der Waals surface area contributed by atoms with Crippen LogP contribution in [0.5, 0.6) is 0 Å². The van der Waals surface area contributed by atoms with Gasteiger partial charge in [-0.25, -0.2) is 0 Å². The fraction of sp³-hybridized carbons (Fsp3) is 0.108. The van der Waals surface area contributed by atoms with Gasteiger partial charge in [-0.2, -0.15) is 0 Å². The molecule has 0 fully saturated rings. The molecule has 0 aliphatic heterocycles. The van der Waals surface area contributed by atoms with Crippen LogP contribution in [-0.4, -0.2) is 24.9 Å². The molecule has 41 heavy (non-hydrogen) atoms. The lowest BCUT2D eigenvalue weighted by Crippen LogP contribution is -2.70. The predicted octanol–water partition coefficient (Wildman–Crippen LogP) is 5.33. The van der Waals surface area contributed by atoms with Crippen LogP contribution in [0.3, 0.4) is 0 Å². The van der Waals surface area contributed by atoms with Gasteiger partial charge in [0.2, 0.25) is 7.28 Å². The van der Waals surface area contributed by atoms with Crippen molar-refractivity contribution in [3.05, 3.63) is 174 Å². The standard InChI is InChI=1S/C37H34BN2Si/c1-29-18-22-34(23-19-29)41(33-16-10-5-11-17-33,35-24-20-30(2)21-25-35)28-40-27-26-39-37(40)38-36(31-12-6-3-7-13-31)32-14-8-4-9-15-32/h3-27,36H,28H2,1-2H3. The molecule has 199 valence electrons. The number of aromatic nitrogens is 2. The lowest BCUT2D eigenvalue weighted by Gasteiger charge is -2.35. The van der Waals surface area contributed by atoms with Gasteiger partial charge in [-0.3, -0.25) is 4.98 Å². The number of benzene rings is 5. The second-order valence-electron chi connectivity index (χ2n) is 10.9. The third-order valence-electron chi connectivity index (χ3n) is 8.14. The van der Waals surface area contributed by atoms with E-state index in [2.05, 4.69) is 171 Å². The molecule has 1 heterocycles. The summed E-state index contributed by atoms with van der Waals surface area (Å²) in [5, 5.41) is 4.20. The van der Waals surface area contributed by atoms with Gasteiger partial charge < -0.3 is 4.57 Å². The fourth-order valence-corrected chi connectivity index (χ4v) is 10.5. The molecule has 4 heteroatoms. The lowest BCUT2D eigenvalue weighted by atomic mass is 9.58. The van der Waals surface area contributed by atoms with Gasteiger partial charge in [-0.15, -0.1) is 0 Å². The van der Waals surface area contributed by atoms with Crippen molar-refractivity contribution in [3.63, 3.8) is 0 Å². The Bertz CT molecular complexity index is 1600. The first kappa shape index (κ1) is 26.8. The normalized spacial score (nSPS) is 11.5. The van der Waals surface area contributed by atoms with Crippen LogP contribution >= 0.6 is 0 Å². The zero-order valence-corrected chi connectivity index (χ0v) is 24.7. The molecule has 0 saturated heterocycles. The van der Waals surface area contributed by atoms with E-state index in [1.165, 1.54) is 37.8 Å². The van der Waals surface area contributed by atoms with Crippen molar-refractivity contribution in [1.82, 2.24) is 9.55 Å². The zero-order chi connectivity index (χ0) is 28.1. The lowest BCUT2D eigenvalue weighted by molar-refractivity contribution is 0.889. The number of imidazole rings is 1. The molecule has 2 nitrogen and oxygen atoms in total. The summed E-state index contributed by atoms with van der Waals surface area (Å²) < 4.78 is 2.39. The Kier molecular flexibility index (Phi) is 7.84. The van der Waals surface area contributed by atoms with Gasteiger partial charge in [0.05, 0.1) is 5.72 Å². The SMILES string of the molecule is Cc1ccc([Si](Cn2ccnc2[B]C(c2ccccc2)c2ccccc2)(c2ccccc2)c2ccc(C)cc2)cc1. The van der Waals surface area contributed by atoms with E-state index in [0.29, 0.717) is 0 Å². The summed E-state index contributed by atoms with van der Waals surface area (Å²) in [5.41, 5.74) is 6.07.